The Morgan fingerprint density at radius 2 is 2.19 bits per heavy atom. The van der Waals surface area contributed by atoms with E-state index >= 15 is 0 Å². The Kier molecular flexibility index (Phi) is 5.78. The summed E-state index contributed by atoms with van der Waals surface area (Å²) in [5.74, 6) is -0.362. The van der Waals surface area contributed by atoms with Gasteiger partial charge in [-0.25, -0.2) is 0 Å². The van der Waals surface area contributed by atoms with Gasteiger partial charge in [-0.05, 0) is 41.1 Å². The Labute approximate surface area is 140 Å². The number of halogens is 2. The van der Waals surface area contributed by atoms with Gasteiger partial charge in [0.25, 0.3) is 5.91 Å². The van der Waals surface area contributed by atoms with Gasteiger partial charge >= 0.3 is 0 Å². The molecule has 1 N–H and O–H groups in total. The fourth-order valence-electron chi connectivity index (χ4n) is 2.17. The molecule has 1 aliphatic heterocycles. The van der Waals surface area contributed by atoms with Crippen LogP contribution in [0.3, 0.4) is 0 Å². The van der Waals surface area contributed by atoms with Crippen LogP contribution >= 0.6 is 31.9 Å². The zero-order chi connectivity index (χ0) is 15.4. The minimum Gasteiger partial charge on any atom is -0.377 e. The quantitative estimate of drug-likeness (QED) is 0.816. The third-order valence-electron chi connectivity index (χ3n) is 3.20. The highest BCUT2D eigenvalue weighted by Crippen LogP contribution is 2.24. The molecule has 1 atom stereocenters. The van der Waals surface area contributed by atoms with Crippen molar-refractivity contribution in [3.8, 4) is 0 Å². The molecule has 1 aliphatic rings. The second kappa shape index (κ2) is 7.38. The number of rotatable bonds is 3. The SMILES string of the molecule is CCNC(=O)C1COCCN1C(=O)c1cc(Br)ccc1Br. The molecule has 0 aromatic heterocycles. The van der Waals surface area contributed by atoms with Crippen molar-refractivity contribution in [2.24, 2.45) is 0 Å². The first kappa shape index (κ1) is 16.5. The number of morpholine rings is 1. The van der Waals surface area contributed by atoms with E-state index in [0.717, 1.165) is 4.47 Å². The standard InChI is InChI=1S/C14H16Br2N2O3/c1-2-17-13(19)12-8-21-6-5-18(12)14(20)10-7-9(15)3-4-11(10)16/h3-4,7,12H,2,5-6,8H2,1H3,(H,17,19). The summed E-state index contributed by atoms with van der Waals surface area (Å²) >= 11 is 6.75. The van der Waals surface area contributed by atoms with E-state index in [1.54, 1.807) is 17.0 Å². The highest BCUT2D eigenvalue weighted by Gasteiger charge is 2.33. The number of hydrogen-bond donors (Lipinski definition) is 1. The highest BCUT2D eigenvalue weighted by atomic mass is 79.9. The van der Waals surface area contributed by atoms with Gasteiger partial charge in [0.1, 0.15) is 6.04 Å². The average molecular weight is 420 g/mol. The Morgan fingerprint density at radius 1 is 1.43 bits per heavy atom. The number of nitrogens with one attached hydrogen (secondary N) is 1. The van der Waals surface area contributed by atoms with Crippen LogP contribution in [0, 0.1) is 0 Å². The zero-order valence-corrected chi connectivity index (χ0v) is 14.7. The summed E-state index contributed by atoms with van der Waals surface area (Å²) in [6.07, 6.45) is 0. The minimum atomic E-state index is -0.586. The summed E-state index contributed by atoms with van der Waals surface area (Å²) < 4.78 is 6.87. The van der Waals surface area contributed by atoms with Crippen molar-refractivity contribution < 1.29 is 14.3 Å². The van der Waals surface area contributed by atoms with E-state index in [2.05, 4.69) is 37.2 Å². The Hall–Kier alpha value is -0.920. The lowest BCUT2D eigenvalue weighted by Crippen LogP contribution is -2.55. The summed E-state index contributed by atoms with van der Waals surface area (Å²) in [5.41, 5.74) is 0.528. The van der Waals surface area contributed by atoms with E-state index in [0.29, 0.717) is 29.7 Å². The van der Waals surface area contributed by atoms with Crippen molar-refractivity contribution >= 4 is 43.7 Å². The summed E-state index contributed by atoms with van der Waals surface area (Å²) in [6.45, 7) is 3.44. The van der Waals surface area contributed by atoms with Crippen LogP contribution in [0.2, 0.25) is 0 Å². The van der Waals surface area contributed by atoms with Crippen molar-refractivity contribution in [2.75, 3.05) is 26.3 Å². The van der Waals surface area contributed by atoms with Crippen LogP contribution in [0.25, 0.3) is 0 Å². The van der Waals surface area contributed by atoms with Crippen molar-refractivity contribution in [3.63, 3.8) is 0 Å². The molecule has 0 aliphatic carbocycles. The second-order valence-electron chi connectivity index (χ2n) is 4.61. The normalized spacial score (nSPS) is 18.4. The van der Waals surface area contributed by atoms with Crippen molar-refractivity contribution in [3.05, 3.63) is 32.7 Å². The molecule has 21 heavy (non-hydrogen) atoms. The van der Waals surface area contributed by atoms with Crippen LogP contribution < -0.4 is 5.32 Å². The smallest absolute Gasteiger partial charge is 0.255 e. The molecular weight excluding hydrogens is 404 g/mol. The summed E-state index contributed by atoms with van der Waals surface area (Å²) in [4.78, 5) is 26.4. The molecule has 0 radical (unpaired) electrons. The van der Waals surface area contributed by atoms with Gasteiger partial charge in [0.15, 0.2) is 0 Å². The van der Waals surface area contributed by atoms with E-state index in [4.69, 9.17) is 4.74 Å². The highest BCUT2D eigenvalue weighted by molar-refractivity contribution is 9.11. The fourth-order valence-corrected chi connectivity index (χ4v) is 2.95. The molecule has 0 spiro atoms. The van der Waals surface area contributed by atoms with Gasteiger partial charge < -0.3 is 15.0 Å². The van der Waals surface area contributed by atoms with E-state index in [-0.39, 0.29) is 18.4 Å². The molecule has 1 unspecified atom stereocenters. The number of nitrogens with zero attached hydrogens (tertiary/aromatic N) is 1. The number of likely N-dealkylation sites (N-methyl/N-ethyl adjacent to an activating group) is 1. The third-order valence-corrected chi connectivity index (χ3v) is 4.39. The number of ether oxygens (including phenoxy) is 1. The van der Waals surface area contributed by atoms with Crippen LogP contribution in [-0.2, 0) is 9.53 Å². The predicted molar refractivity (Wildman–Crippen MR) is 86.2 cm³/mol. The minimum absolute atomic E-state index is 0.178. The largest absolute Gasteiger partial charge is 0.377 e. The molecule has 1 heterocycles. The number of carbonyl (C=O) groups is 2. The predicted octanol–water partition coefficient (Wildman–Crippen LogP) is 2.19. The molecule has 1 aromatic carbocycles. The number of benzene rings is 1. The molecule has 0 saturated carbocycles. The van der Waals surface area contributed by atoms with Crippen LogP contribution in [0.1, 0.15) is 17.3 Å². The summed E-state index contributed by atoms with van der Waals surface area (Å²) in [5, 5.41) is 2.74. The molecule has 114 valence electrons. The molecule has 2 rings (SSSR count). The molecule has 1 saturated heterocycles. The van der Waals surface area contributed by atoms with Gasteiger partial charge in [-0.3, -0.25) is 9.59 Å². The lowest BCUT2D eigenvalue weighted by atomic mass is 10.1. The molecule has 7 heteroatoms. The first-order valence-electron chi connectivity index (χ1n) is 6.66. The molecule has 5 nitrogen and oxygen atoms in total. The van der Waals surface area contributed by atoms with E-state index in [9.17, 15) is 9.59 Å². The maximum Gasteiger partial charge on any atom is 0.255 e. The topological polar surface area (TPSA) is 58.6 Å². The van der Waals surface area contributed by atoms with Gasteiger partial charge in [0.2, 0.25) is 5.91 Å². The molecule has 2 amide bonds. The fraction of sp³-hybridized carbons (Fsp3) is 0.429. The summed E-state index contributed by atoms with van der Waals surface area (Å²) in [7, 11) is 0. The van der Waals surface area contributed by atoms with Crippen molar-refractivity contribution in [1.29, 1.82) is 0 Å². The maximum absolute atomic E-state index is 12.7. The Bertz CT molecular complexity index is 551. The first-order valence-corrected chi connectivity index (χ1v) is 8.24. The van der Waals surface area contributed by atoms with E-state index in [1.165, 1.54) is 0 Å². The lowest BCUT2D eigenvalue weighted by Gasteiger charge is -2.34. The first-order chi connectivity index (χ1) is 10.0. The Balaban J connectivity index is 2.26. The van der Waals surface area contributed by atoms with Gasteiger partial charge in [-0.15, -0.1) is 0 Å². The van der Waals surface area contributed by atoms with Crippen LogP contribution in [-0.4, -0.2) is 49.1 Å². The summed E-state index contributed by atoms with van der Waals surface area (Å²) in [6, 6.07) is 4.81. The second-order valence-corrected chi connectivity index (χ2v) is 6.38. The maximum atomic E-state index is 12.7. The Morgan fingerprint density at radius 3 is 2.90 bits per heavy atom. The van der Waals surface area contributed by atoms with Crippen LogP contribution in [0.4, 0.5) is 0 Å². The van der Waals surface area contributed by atoms with Crippen LogP contribution in [0.5, 0.6) is 0 Å². The number of amides is 2. The number of carbonyl (C=O) groups excluding carboxylic acids is 2. The van der Waals surface area contributed by atoms with Gasteiger partial charge in [-0.1, -0.05) is 15.9 Å². The van der Waals surface area contributed by atoms with Crippen molar-refractivity contribution in [2.45, 2.75) is 13.0 Å². The van der Waals surface area contributed by atoms with Gasteiger partial charge in [-0.2, -0.15) is 0 Å². The molecule has 1 aromatic rings. The molecule has 1 fully saturated rings. The zero-order valence-electron chi connectivity index (χ0n) is 11.6. The lowest BCUT2D eigenvalue weighted by molar-refractivity contribution is -0.130. The van der Waals surface area contributed by atoms with E-state index in [1.807, 2.05) is 13.0 Å². The van der Waals surface area contributed by atoms with Gasteiger partial charge in [0, 0.05) is 22.0 Å². The van der Waals surface area contributed by atoms with E-state index < -0.39 is 6.04 Å². The monoisotopic (exact) mass is 418 g/mol. The average Bonchev–Trinajstić information content (AvgIpc) is 2.49. The molecular formula is C14H16Br2N2O3. The van der Waals surface area contributed by atoms with Crippen LogP contribution in [0.15, 0.2) is 27.1 Å². The van der Waals surface area contributed by atoms with Crippen molar-refractivity contribution in [1.82, 2.24) is 10.2 Å². The number of hydrogen-bond acceptors (Lipinski definition) is 3. The molecule has 0 bridgehead atoms. The third kappa shape index (κ3) is 3.84. The van der Waals surface area contributed by atoms with Gasteiger partial charge in [0.05, 0.1) is 18.8 Å².